The van der Waals surface area contributed by atoms with Crippen molar-refractivity contribution in [2.45, 2.75) is 33.2 Å². The molecule has 0 aromatic heterocycles. The van der Waals surface area contributed by atoms with Crippen LogP contribution in [-0.2, 0) is 4.79 Å². The number of nitrogens with zero attached hydrogens (tertiary/aromatic N) is 2. The number of carboxylic acid groups (broad SMARTS) is 1. The predicted octanol–water partition coefficient (Wildman–Crippen LogP) is 2.73. The van der Waals surface area contributed by atoms with Gasteiger partial charge in [0.2, 0.25) is 0 Å². The lowest BCUT2D eigenvalue weighted by Crippen LogP contribution is -2.45. The van der Waals surface area contributed by atoms with E-state index in [9.17, 15) is 19.3 Å². The highest BCUT2D eigenvalue weighted by Gasteiger charge is 2.30. The van der Waals surface area contributed by atoms with E-state index in [0.29, 0.717) is 0 Å². The molecular formula is C13H17FN2O4. The highest BCUT2D eigenvalue weighted by Crippen LogP contribution is 2.34. The number of hydrogen-bond acceptors (Lipinski definition) is 4. The van der Waals surface area contributed by atoms with Crippen LogP contribution in [0.5, 0.6) is 0 Å². The molecule has 1 rings (SSSR count). The zero-order chi connectivity index (χ0) is 15.7. The van der Waals surface area contributed by atoms with Crippen LogP contribution in [0.3, 0.4) is 0 Å². The predicted molar refractivity (Wildman–Crippen MR) is 72.5 cm³/mol. The summed E-state index contributed by atoms with van der Waals surface area (Å²) < 4.78 is 13.5. The first-order chi connectivity index (χ1) is 9.04. The lowest BCUT2D eigenvalue weighted by molar-refractivity contribution is -0.384. The van der Waals surface area contributed by atoms with Gasteiger partial charge in [0.1, 0.15) is 18.0 Å². The van der Waals surface area contributed by atoms with Gasteiger partial charge in [-0.05, 0) is 39.3 Å². The lowest BCUT2D eigenvalue weighted by Gasteiger charge is -2.36. The summed E-state index contributed by atoms with van der Waals surface area (Å²) in [6.45, 7) is 6.27. The summed E-state index contributed by atoms with van der Waals surface area (Å²) in [4.78, 5) is 22.7. The van der Waals surface area contributed by atoms with E-state index >= 15 is 0 Å². The largest absolute Gasteiger partial charge is 0.480 e. The molecule has 0 amide bonds. The number of halogens is 1. The van der Waals surface area contributed by atoms with Crippen molar-refractivity contribution in [2.24, 2.45) is 0 Å². The molecule has 0 atom stereocenters. The van der Waals surface area contributed by atoms with Crippen molar-refractivity contribution in [3.8, 4) is 0 Å². The Balaban J connectivity index is 3.50. The standard InChI is InChI=1S/C13H17FN2O4/c1-8-5-10(11(16(19)20)6-9(8)14)15(7-12(17)18)13(2,3)4/h5-6H,7H2,1-4H3,(H,17,18). The van der Waals surface area contributed by atoms with Gasteiger partial charge in [0.15, 0.2) is 0 Å². The van der Waals surface area contributed by atoms with E-state index in [1.54, 1.807) is 20.8 Å². The average molecular weight is 284 g/mol. The van der Waals surface area contributed by atoms with E-state index in [1.165, 1.54) is 17.9 Å². The minimum absolute atomic E-state index is 0.101. The maximum Gasteiger partial charge on any atom is 0.323 e. The highest BCUT2D eigenvalue weighted by atomic mass is 19.1. The summed E-state index contributed by atoms with van der Waals surface area (Å²) in [7, 11) is 0. The number of aliphatic carboxylic acids is 1. The van der Waals surface area contributed by atoms with E-state index in [0.717, 1.165) is 6.07 Å². The molecule has 0 spiro atoms. The lowest BCUT2D eigenvalue weighted by atomic mass is 10.0. The average Bonchev–Trinajstić information content (AvgIpc) is 2.27. The summed E-state index contributed by atoms with van der Waals surface area (Å²) in [5.41, 5.74) is -0.772. The molecule has 20 heavy (non-hydrogen) atoms. The third-order valence-corrected chi connectivity index (χ3v) is 2.85. The third-order valence-electron chi connectivity index (χ3n) is 2.85. The quantitative estimate of drug-likeness (QED) is 0.679. The van der Waals surface area contributed by atoms with E-state index < -0.39 is 34.5 Å². The summed E-state index contributed by atoms with van der Waals surface area (Å²) in [5.74, 6) is -1.80. The van der Waals surface area contributed by atoms with Crippen molar-refractivity contribution in [3.05, 3.63) is 33.6 Å². The molecule has 0 saturated carbocycles. The third kappa shape index (κ3) is 3.43. The van der Waals surface area contributed by atoms with Crippen molar-refractivity contribution in [2.75, 3.05) is 11.4 Å². The van der Waals surface area contributed by atoms with E-state index in [2.05, 4.69) is 0 Å². The van der Waals surface area contributed by atoms with E-state index in [-0.39, 0.29) is 11.3 Å². The maximum atomic E-state index is 13.5. The monoisotopic (exact) mass is 284 g/mol. The first-order valence-electron chi connectivity index (χ1n) is 5.98. The molecule has 7 heteroatoms. The Kier molecular flexibility index (Phi) is 4.32. The molecule has 1 aromatic carbocycles. The summed E-state index contributed by atoms with van der Waals surface area (Å²) in [6, 6.07) is 2.13. The first-order valence-corrected chi connectivity index (χ1v) is 5.98. The van der Waals surface area contributed by atoms with Crippen LogP contribution in [0.25, 0.3) is 0 Å². The van der Waals surface area contributed by atoms with Crippen LogP contribution < -0.4 is 4.90 Å². The number of aryl methyl sites for hydroxylation is 1. The van der Waals surface area contributed by atoms with Gasteiger partial charge in [0.25, 0.3) is 5.69 Å². The van der Waals surface area contributed by atoms with Gasteiger partial charge < -0.3 is 10.0 Å². The fourth-order valence-electron chi connectivity index (χ4n) is 1.84. The number of nitro groups is 1. The number of anilines is 1. The van der Waals surface area contributed by atoms with Crippen molar-refractivity contribution in [1.82, 2.24) is 0 Å². The Morgan fingerprint density at radius 1 is 1.45 bits per heavy atom. The zero-order valence-electron chi connectivity index (χ0n) is 11.8. The Hall–Kier alpha value is -2.18. The van der Waals surface area contributed by atoms with Crippen LogP contribution in [0.15, 0.2) is 12.1 Å². The van der Waals surface area contributed by atoms with Crippen molar-refractivity contribution in [3.63, 3.8) is 0 Å². The molecule has 0 aliphatic carbocycles. The van der Waals surface area contributed by atoms with Gasteiger partial charge in [0.05, 0.1) is 11.0 Å². The van der Waals surface area contributed by atoms with E-state index in [1.807, 2.05) is 0 Å². The number of rotatable bonds is 4. The number of carbonyl (C=O) groups is 1. The molecule has 0 fully saturated rings. The summed E-state index contributed by atoms with van der Waals surface area (Å²) >= 11 is 0. The molecule has 110 valence electrons. The van der Waals surface area contributed by atoms with Crippen LogP contribution >= 0.6 is 0 Å². The normalized spacial score (nSPS) is 11.2. The highest BCUT2D eigenvalue weighted by molar-refractivity contribution is 5.77. The number of nitro benzene ring substituents is 1. The number of benzene rings is 1. The fourth-order valence-corrected chi connectivity index (χ4v) is 1.84. The van der Waals surface area contributed by atoms with Crippen LogP contribution in [0, 0.1) is 22.9 Å². The van der Waals surface area contributed by atoms with E-state index in [4.69, 9.17) is 5.11 Å². The molecule has 1 aromatic rings. The molecule has 0 unspecified atom stereocenters. The van der Waals surface area contributed by atoms with Crippen molar-refractivity contribution < 1.29 is 19.2 Å². The van der Waals surface area contributed by atoms with Crippen molar-refractivity contribution in [1.29, 1.82) is 0 Å². The second kappa shape index (κ2) is 5.44. The second-order valence-electron chi connectivity index (χ2n) is 5.50. The molecule has 0 heterocycles. The molecule has 0 bridgehead atoms. The molecule has 0 saturated heterocycles. The van der Waals surface area contributed by atoms with Gasteiger partial charge in [0, 0.05) is 5.54 Å². The first kappa shape index (κ1) is 15.9. The van der Waals surface area contributed by atoms with Gasteiger partial charge in [-0.1, -0.05) is 0 Å². The van der Waals surface area contributed by atoms with Gasteiger partial charge in [-0.3, -0.25) is 14.9 Å². The van der Waals surface area contributed by atoms with Gasteiger partial charge in [-0.2, -0.15) is 0 Å². The Morgan fingerprint density at radius 3 is 2.40 bits per heavy atom. The van der Waals surface area contributed by atoms with Crippen molar-refractivity contribution >= 4 is 17.3 Å². The van der Waals surface area contributed by atoms with Crippen LogP contribution in [0.2, 0.25) is 0 Å². The zero-order valence-corrected chi connectivity index (χ0v) is 11.8. The second-order valence-corrected chi connectivity index (χ2v) is 5.50. The maximum absolute atomic E-state index is 13.5. The fraction of sp³-hybridized carbons (Fsp3) is 0.462. The minimum atomic E-state index is -1.11. The smallest absolute Gasteiger partial charge is 0.323 e. The van der Waals surface area contributed by atoms with Gasteiger partial charge in [-0.15, -0.1) is 0 Å². The number of carboxylic acids is 1. The van der Waals surface area contributed by atoms with Crippen LogP contribution in [-0.4, -0.2) is 28.1 Å². The Morgan fingerprint density at radius 2 is 2.00 bits per heavy atom. The SMILES string of the molecule is Cc1cc(N(CC(=O)O)C(C)(C)C)c([N+](=O)[O-])cc1F. The van der Waals surface area contributed by atoms with Gasteiger partial charge in [-0.25, -0.2) is 4.39 Å². The molecule has 6 nitrogen and oxygen atoms in total. The van der Waals surface area contributed by atoms with Crippen LogP contribution in [0.4, 0.5) is 15.8 Å². The Labute approximate surface area is 116 Å². The Bertz CT molecular complexity index is 552. The minimum Gasteiger partial charge on any atom is -0.480 e. The topological polar surface area (TPSA) is 83.7 Å². The molecule has 0 aliphatic rings. The molecule has 0 aliphatic heterocycles. The summed E-state index contributed by atoms with van der Waals surface area (Å²) in [6.07, 6.45) is 0. The van der Waals surface area contributed by atoms with Crippen LogP contribution in [0.1, 0.15) is 26.3 Å². The molecule has 1 N–H and O–H groups in total. The number of hydrogen-bond donors (Lipinski definition) is 1. The van der Waals surface area contributed by atoms with Gasteiger partial charge >= 0.3 is 5.97 Å². The molecule has 0 radical (unpaired) electrons. The summed E-state index contributed by atoms with van der Waals surface area (Å²) in [5, 5.41) is 20.0. The molecular weight excluding hydrogens is 267 g/mol.